The molecule has 0 aliphatic carbocycles. The Bertz CT molecular complexity index is 792. The van der Waals surface area contributed by atoms with Crippen molar-refractivity contribution in [2.45, 2.75) is 43.2 Å². The van der Waals surface area contributed by atoms with Gasteiger partial charge in [-0.05, 0) is 38.3 Å². The van der Waals surface area contributed by atoms with Crippen molar-refractivity contribution in [3.05, 3.63) is 30.3 Å². The maximum Gasteiger partial charge on any atom is 0.325 e. The molecule has 2 aliphatic heterocycles. The Kier molecular flexibility index (Phi) is 6.69. The Morgan fingerprint density at radius 1 is 1.11 bits per heavy atom. The van der Waals surface area contributed by atoms with Crippen LogP contribution in [0.25, 0.3) is 0 Å². The zero-order chi connectivity index (χ0) is 20.1. The van der Waals surface area contributed by atoms with Crippen LogP contribution >= 0.6 is 0 Å². The molecule has 0 aromatic heterocycles. The average molecular weight is 410 g/mol. The molecule has 0 radical (unpaired) electrons. The van der Waals surface area contributed by atoms with E-state index in [1.165, 1.54) is 23.4 Å². The summed E-state index contributed by atoms with van der Waals surface area (Å²) >= 11 is 0. The molecule has 0 N–H and O–H groups in total. The van der Waals surface area contributed by atoms with Crippen LogP contribution in [0.2, 0.25) is 0 Å². The number of nitrogens with zero attached hydrogens (tertiary/aromatic N) is 2. The molecule has 1 aromatic rings. The molecule has 2 saturated heterocycles. The number of rotatable bonds is 5. The summed E-state index contributed by atoms with van der Waals surface area (Å²) in [4.78, 5) is 27.0. The van der Waals surface area contributed by atoms with Crippen LogP contribution in [0, 0.1) is 0 Å². The van der Waals surface area contributed by atoms with Crippen molar-refractivity contribution < 1.29 is 27.5 Å². The lowest BCUT2D eigenvalue weighted by atomic mass is 10.1. The number of carbonyl (C=O) groups is 2. The number of ether oxygens (including phenoxy) is 2. The van der Waals surface area contributed by atoms with Gasteiger partial charge in [0.1, 0.15) is 6.04 Å². The number of esters is 1. The van der Waals surface area contributed by atoms with Gasteiger partial charge in [0.2, 0.25) is 10.0 Å². The minimum absolute atomic E-state index is 0.146. The van der Waals surface area contributed by atoms with E-state index in [0.717, 1.165) is 6.42 Å². The molecule has 8 nitrogen and oxygen atoms in total. The van der Waals surface area contributed by atoms with Gasteiger partial charge in [0, 0.05) is 19.6 Å². The smallest absolute Gasteiger partial charge is 0.325 e. The second-order valence-corrected chi connectivity index (χ2v) is 8.85. The zero-order valence-electron chi connectivity index (χ0n) is 16.0. The number of sulfonamides is 1. The van der Waals surface area contributed by atoms with E-state index in [1.54, 1.807) is 23.1 Å². The van der Waals surface area contributed by atoms with Gasteiger partial charge in [-0.25, -0.2) is 8.42 Å². The van der Waals surface area contributed by atoms with Crippen LogP contribution < -0.4 is 0 Å². The highest BCUT2D eigenvalue weighted by Crippen LogP contribution is 2.26. The molecule has 154 valence electrons. The van der Waals surface area contributed by atoms with Crippen LogP contribution in [-0.4, -0.2) is 74.5 Å². The van der Waals surface area contributed by atoms with Crippen molar-refractivity contribution in [2.24, 2.45) is 0 Å². The molecule has 0 unspecified atom stereocenters. The molecule has 1 aromatic carbocycles. The molecule has 0 bridgehead atoms. The van der Waals surface area contributed by atoms with Crippen LogP contribution in [0.1, 0.15) is 26.2 Å². The number of hydrogen-bond donors (Lipinski definition) is 0. The Morgan fingerprint density at radius 3 is 2.46 bits per heavy atom. The highest BCUT2D eigenvalue weighted by Gasteiger charge is 2.39. The second-order valence-electron chi connectivity index (χ2n) is 6.96. The van der Waals surface area contributed by atoms with Gasteiger partial charge in [0.15, 0.2) is 6.10 Å². The third kappa shape index (κ3) is 4.53. The molecule has 1 amide bonds. The van der Waals surface area contributed by atoms with E-state index in [0.29, 0.717) is 39.1 Å². The summed E-state index contributed by atoms with van der Waals surface area (Å²) in [6, 6.07) is 7.13. The monoisotopic (exact) mass is 410 g/mol. The number of amides is 1. The van der Waals surface area contributed by atoms with Crippen LogP contribution in [-0.2, 0) is 29.1 Å². The minimum atomic E-state index is -3.81. The normalized spacial score (nSPS) is 22.5. The Labute approximate surface area is 165 Å². The van der Waals surface area contributed by atoms with Gasteiger partial charge in [-0.15, -0.1) is 0 Å². The predicted octanol–water partition coefficient (Wildman–Crippen LogP) is 1.02. The Balaban J connectivity index is 1.71. The number of carbonyl (C=O) groups excluding carboxylic acids is 2. The van der Waals surface area contributed by atoms with Gasteiger partial charge in [-0.3, -0.25) is 9.59 Å². The maximum atomic E-state index is 13.0. The minimum Gasteiger partial charge on any atom is -0.451 e. The molecule has 2 aliphatic rings. The Morgan fingerprint density at radius 2 is 1.79 bits per heavy atom. The van der Waals surface area contributed by atoms with E-state index >= 15 is 0 Å². The lowest BCUT2D eigenvalue weighted by Crippen LogP contribution is -2.51. The summed E-state index contributed by atoms with van der Waals surface area (Å²) in [7, 11) is -3.81. The zero-order valence-corrected chi connectivity index (χ0v) is 16.8. The SMILES string of the molecule is C[C@@H](OC(=O)[C@H]1CCCCN1S(=O)(=O)c1ccccc1)C(=O)N1CCOCC1. The molecule has 28 heavy (non-hydrogen) atoms. The van der Waals surface area contributed by atoms with Gasteiger partial charge in [0.05, 0.1) is 18.1 Å². The van der Waals surface area contributed by atoms with Crippen LogP contribution in [0.5, 0.6) is 0 Å². The topological polar surface area (TPSA) is 93.2 Å². The van der Waals surface area contributed by atoms with Gasteiger partial charge >= 0.3 is 5.97 Å². The summed E-state index contributed by atoms with van der Waals surface area (Å²) in [6.07, 6.45) is 0.821. The van der Waals surface area contributed by atoms with E-state index in [9.17, 15) is 18.0 Å². The molecular formula is C19H26N2O6S. The largest absolute Gasteiger partial charge is 0.451 e. The Hall–Kier alpha value is -1.97. The first-order valence-corrected chi connectivity index (χ1v) is 11.0. The van der Waals surface area contributed by atoms with Gasteiger partial charge in [-0.2, -0.15) is 4.31 Å². The van der Waals surface area contributed by atoms with Gasteiger partial charge in [0.25, 0.3) is 5.91 Å². The van der Waals surface area contributed by atoms with Crippen LogP contribution in [0.3, 0.4) is 0 Å². The van der Waals surface area contributed by atoms with Crippen LogP contribution in [0.4, 0.5) is 0 Å². The molecule has 2 heterocycles. The second kappa shape index (κ2) is 9.02. The highest BCUT2D eigenvalue weighted by molar-refractivity contribution is 7.89. The first kappa shape index (κ1) is 20.8. The number of hydrogen-bond acceptors (Lipinski definition) is 6. The number of benzene rings is 1. The van der Waals surface area contributed by atoms with E-state index in [-0.39, 0.29) is 17.3 Å². The van der Waals surface area contributed by atoms with Crippen molar-refractivity contribution in [3.63, 3.8) is 0 Å². The van der Waals surface area contributed by atoms with Crippen molar-refractivity contribution in [2.75, 3.05) is 32.8 Å². The summed E-state index contributed by atoms with van der Waals surface area (Å²) in [5.41, 5.74) is 0. The first-order chi connectivity index (χ1) is 13.4. The molecule has 0 saturated carbocycles. The van der Waals surface area contributed by atoms with Gasteiger partial charge < -0.3 is 14.4 Å². The number of piperidine rings is 1. The lowest BCUT2D eigenvalue weighted by molar-refractivity contribution is -0.164. The highest BCUT2D eigenvalue weighted by atomic mass is 32.2. The molecule has 2 fully saturated rings. The van der Waals surface area contributed by atoms with E-state index in [4.69, 9.17) is 9.47 Å². The third-order valence-corrected chi connectivity index (χ3v) is 6.96. The summed E-state index contributed by atoms with van der Waals surface area (Å²) in [5, 5.41) is 0. The standard InChI is InChI=1S/C19H26N2O6S/c1-15(18(22)20-11-13-26-14-12-20)27-19(23)17-9-5-6-10-21(17)28(24,25)16-7-3-2-4-8-16/h2-4,7-8,15,17H,5-6,9-14H2,1H3/t15-,17-/m1/s1. The molecule has 0 spiro atoms. The average Bonchev–Trinajstić information content (AvgIpc) is 2.74. The van der Waals surface area contributed by atoms with E-state index in [1.807, 2.05) is 0 Å². The van der Waals surface area contributed by atoms with Crippen molar-refractivity contribution in [1.29, 1.82) is 0 Å². The fourth-order valence-electron chi connectivity index (χ4n) is 3.50. The third-order valence-electron chi connectivity index (χ3n) is 5.04. The van der Waals surface area contributed by atoms with E-state index < -0.39 is 28.1 Å². The predicted molar refractivity (Wildman–Crippen MR) is 101 cm³/mol. The summed E-state index contributed by atoms with van der Waals surface area (Å²) < 4.78 is 37.8. The fourth-order valence-corrected chi connectivity index (χ4v) is 5.17. The van der Waals surface area contributed by atoms with Crippen molar-refractivity contribution >= 4 is 21.9 Å². The van der Waals surface area contributed by atoms with Gasteiger partial charge in [-0.1, -0.05) is 18.2 Å². The molecule has 9 heteroatoms. The molecule has 2 atom stereocenters. The lowest BCUT2D eigenvalue weighted by Gasteiger charge is -2.34. The van der Waals surface area contributed by atoms with Crippen molar-refractivity contribution in [1.82, 2.24) is 9.21 Å². The maximum absolute atomic E-state index is 13.0. The molecule has 3 rings (SSSR count). The number of morpholine rings is 1. The quantitative estimate of drug-likeness (QED) is 0.673. The van der Waals surface area contributed by atoms with Crippen molar-refractivity contribution in [3.8, 4) is 0 Å². The first-order valence-electron chi connectivity index (χ1n) is 9.55. The van der Waals surface area contributed by atoms with Crippen LogP contribution in [0.15, 0.2) is 35.2 Å². The molecular weight excluding hydrogens is 384 g/mol. The summed E-state index contributed by atoms with van der Waals surface area (Å²) in [5.74, 6) is -0.960. The van der Waals surface area contributed by atoms with E-state index in [2.05, 4.69) is 0 Å². The summed E-state index contributed by atoms with van der Waals surface area (Å²) in [6.45, 7) is 3.60. The fraction of sp³-hybridized carbons (Fsp3) is 0.579.